The van der Waals surface area contributed by atoms with Gasteiger partial charge in [-0.1, -0.05) is 273 Å². The summed E-state index contributed by atoms with van der Waals surface area (Å²) >= 11 is 0. The third kappa shape index (κ3) is 74.2. The number of aliphatic hydroxyl groups excluding tert-OH is 1. The minimum Gasteiger partial charge on any atom is -0.462 e. The third-order valence-corrected chi connectivity index (χ3v) is 17.0. The lowest BCUT2D eigenvalue weighted by atomic mass is 10.1. The van der Waals surface area contributed by atoms with Gasteiger partial charge >= 0.3 is 39.5 Å². The van der Waals surface area contributed by atoms with Crippen molar-refractivity contribution in [3.8, 4) is 0 Å². The average Bonchev–Trinajstić information content (AvgIpc) is 0.918. The molecule has 0 aliphatic carbocycles. The van der Waals surface area contributed by atoms with Crippen LogP contribution >= 0.6 is 15.6 Å². The molecule has 0 aromatic rings. The first-order valence-corrected chi connectivity index (χ1v) is 41.7. The SMILES string of the molecule is CC/C=C\C/C=C\C/C=C\C/C=C\C/C=C\C/C=C\CCC(=O)OCC(COP(=O)(O)OCC(O)COP(=O)(O)OCC(COC(=O)CCCCCCC/C=C\C/C=C\C/C=C\CC)OC(=O)CCCCCCC/C=C\C/C=C\CCCCC)OC(=O)C/C=C\C/C=C\C/C=C\C/C=C\C/C=C\CC. The molecule has 0 aromatic carbocycles. The highest BCUT2D eigenvalue weighted by Gasteiger charge is 2.30. The number of carbonyl (C=O) groups is 4. The van der Waals surface area contributed by atoms with Crippen LogP contribution in [0.25, 0.3) is 0 Å². The number of phosphoric acid groups is 2. The molecule has 0 fully saturated rings. The van der Waals surface area contributed by atoms with Crippen molar-refractivity contribution in [3.63, 3.8) is 0 Å². The summed E-state index contributed by atoms with van der Waals surface area (Å²) in [4.78, 5) is 72.9. The van der Waals surface area contributed by atoms with E-state index in [0.29, 0.717) is 32.1 Å². The first kappa shape index (κ1) is 97.9. The number of allylic oxidation sites excluding steroid dienone is 31. The van der Waals surface area contributed by atoms with E-state index in [1.54, 1.807) is 12.2 Å². The van der Waals surface area contributed by atoms with Gasteiger partial charge in [0.25, 0.3) is 0 Å². The number of carbonyl (C=O) groups excluding carboxylic acids is 4. The fourth-order valence-electron chi connectivity index (χ4n) is 9.31. The topological polar surface area (TPSA) is 237 Å². The van der Waals surface area contributed by atoms with Crippen LogP contribution in [0.3, 0.4) is 0 Å². The van der Waals surface area contributed by atoms with Crippen LogP contribution in [0.4, 0.5) is 0 Å². The second kappa shape index (κ2) is 75.1. The van der Waals surface area contributed by atoms with Gasteiger partial charge in [0.05, 0.1) is 32.8 Å². The first-order chi connectivity index (χ1) is 50.7. The summed E-state index contributed by atoms with van der Waals surface area (Å²) in [6, 6.07) is 0. The molecule has 0 radical (unpaired) electrons. The normalized spacial score (nSPS) is 15.0. The van der Waals surface area contributed by atoms with E-state index in [2.05, 4.69) is 180 Å². The van der Waals surface area contributed by atoms with Crippen LogP contribution in [0.5, 0.6) is 0 Å². The third-order valence-electron chi connectivity index (χ3n) is 15.1. The molecular formula is C85H134O17P2. The van der Waals surface area contributed by atoms with Gasteiger partial charge in [-0.3, -0.25) is 37.3 Å². The van der Waals surface area contributed by atoms with Crippen molar-refractivity contribution in [2.45, 2.75) is 277 Å². The lowest BCUT2D eigenvalue weighted by molar-refractivity contribution is -0.161. The number of aliphatic hydroxyl groups is 1. The monoisotopic (exact) mass is 1490 g/mol. The van der Waals surface area contributed by atoms with Crippen LogP contribution in [0, 0.1) is 0 Å². The lowest BCUT2D eigenvalue weighted by Gasteiger charge is -2.21. The quantitative estimate of drug-likeness (QED) is 0.0169. The highest BCUT2D eigenvalue weighted by Crippen LogP contribution is 2.45. The number of hydrogen-bond donors (Lipinski definition) is 3. The standard InChI is InChI=1S/C85H134O17P2/c1-5-9-13-17-21-25-29-33-37-38-39-40-44-46-50-54-58-62-66-70-83(88)96-76-81(102-85(90)72-68-64-60-56-52-48-43-36-32-28-24-20-16-12-8-4)78-100-104(93,94)98-74-79(86)73-97-103(91,92)99-77-80(101-84(89)71-67-63-59-55-51-47-42-35-31-27-23-19-15-11-7-3)75-95-82(87)69-65-61-57-53-49-45-41-34-30-26-22-18-14-10-6-2/h9-10,12-14,16,21-28,33-37,39-43,46,50,52,56,58,62,64,68,79-81,86H,5-8,11,15,17-20,29-32,38,44-45,47-49,51,53-55,57,59-61,63,65-67,69-78H2,1-4H3,(H,91,92)(H,93,94)/b13-9-,14-10-,16-12-,25-21-,26-22-,27-23-,28-24-,37-33-,40-39-,41-34-,42-35-,43-36-,50-46-,56-52-,62-58-,68-64-. The van der Waals surface area contributed by atoms with Gasteiger partial charge < -0.3 is 33.8 Å². The highest BCUT2D eigenvalue weighted by atomic mass is 31.2. The summed E-state index contributed by atoms with van der Waals surface area (Å²) in [6.07, 6.45) is 91.8. The average molecular weight is 1490 g/mol. The summed E-state index contributed by atoms with van der Waals surface area (Å²) in [5.41, 5.74) is 0. The Balaban J connectivity index is 5.54. The maximum absolute atomic E-state index is 13.1. The van der Waals surface area contributed by atoms with Gasteiger partial charge in [-0.15, -0.1) is 0 Å². The van der Waals surface area contributed by atoms with Crippen LogP contribution < -0.4 is 0 Å². The number of unbranched alkanes of at least 4 members (excludes halogenated alkanes) is 13. The van der Waals surface area contributed by atoms with Crippen LogP contribution in [-0.2, 0) is 65.4 Å². The maximum Gasteiger partial charge on any atom is 0.472 e. The van der Waals surface area contributed by atoms with Gasteiger partial charge in [-0.05, 0) is 154 Å². The summed E-state index contributed by atoms with van der Waals surface area (Å²) in [6.45, 7) is 4.23. The molecule has 0 bridgehead atoms. The van der Waals surface area contributed by atoms with Gasteiger partial charge in [0.1, 0.15) is 19.3 Å². The zero-order valence-electron chi connectivity index (χ0n) is 63.9. The van der Waals surface area contributed by atoms with Crippen LogP contribution in [-0.4, -0.2) is 96.7 Å². The lowest BCUT2D eigenvalue weighted by Crippen LogP contribution is -2.30. The maximum atomic E-state index is 13.1. The van der Waals surface area contributed by atoms with Crippen molar-refractivity contribution in [2.75, 3.05) is 39.6 Å². The van der Waals surface area contributed by atoms with Gasteiger partial charge in [0.15, 0.2) is 12.2 Å². The summed E-state index contributed by atoms with van der Waals surface area (Å²) in [5.74, 6) is -2.48. The number of ether oxygens (including phenoxy) is 4. The van der Waals surface area contributed by atoms with E-state index in [0.717, 1.165) is 154 Å². The highest BCUT2D eigenvalue weighted by molar-refractivity contribution is 7.47. The Morgan fingerprint density at radius 3 is 0.913 bits per heavy atom. The van der Waals surface area contributed by atoms with Crippen molar-refractivity contribution in [1.82, 2.24) is 0 Å². The Bertz CT molecular complexity index is 2740. The number of hydrogen-bond acceptors (Lipinski definition) is 15. The largest absolute Gasteiger partial charge is 0.472 e. The molecule has 0 saturated carbocycles. The van der Waals surface area contributed by atoms with Gasteiger partial charge in [-0.2, -0.15) is 0 Å². The second-order valence-electron chi connectivity index (χ2n) is 24.8. The molecule has 5 unspecified atom stereocenters. The van der Waals surface area contributed by atoms with E-state index >= 15 is 0 Å². The van der Waals surface area contributed by atoms with Crippen LogP contribution in [0.15, 0.2) is 194 Å². The molecule has 0 spiro atoms. The molecule has 0 amide bonds. The smallest absolute Gasteiger partial charge is 0.462 e. The molecule has 0 heterocycles. The van der Waals surface area contributed by atoms with Gasteiger partial charge in [0.2, 0.25) is 0 Å². The molecule has 0 aliphatic heterocycles. The van der Waals surface area contributed by atoms with Crippen LogP contribution in [0.2, 0.25) is 0 Å². The molecule has 0 saturated heterocycles. The van der Waals surface area contributed by atoms with E-state index in [1.807, 2.05) is 30.4 Å². The Morgan fingerprint density at radius 1 is 0.288 bits per heavy atom. The molecule has 5 atom stereocenters. The fourth-order valence-corrected chi connectivity index (χ4v) is 10.9. The van der Waals surface area contributed by atoms with Crippen molar-refractivity contribution in [2.24, 2.45) is 0 Å². The van der Waals surface area contributed by atoms with E-state index in [9.17, 15) is 43.2 Å². The van der Waals surface area contributed by atoms with Crippen molar-refractivity contribution >= 4 is 39.5 Å². The molecular weight excluding hydrogens is 1350 g/mol. The van der Waals surface area contributed by atoms with E-state index in [-0.39, 0.29) is 25.7 Å². The predicted molar refractivity (Wildman–Crippen MR) is 426 cm³/mol. The molecule has 0 rings (SSSR count). The predicted octanol–water partition coefficient (Wildman–Crippen LogP) is 22.5. The van der Waals surface area contributed by atoms with E-state index in [1.165, 1.54) is 19.3 Å². The van der Waals surface area contributed by atoms with Crippen molar-refractivity contribution in [1.29, 1.82) is 0 Å². The number of rotatable bonds is 70. The van der Waals surface area contributed by atoms with Crippen LogP contribution in [0.1, 0.15) is 259 Å². The number of phosphoric ester groups is 2. The zero-order chi connectivity index (χ0) is 76.0. The minimum absolute atomic E-state index is 0.00821. The van der Waals surface area contributed by atoms with Crippen molar-refractivity contribution in [3.05, 3.63) is 194 Å². The molecule has 3 N–H and O–H groups in total. The summed E-state index contributed by atoms with van der Waals surface area (Å²) in [5, 5.41) is 10.6. The van der Waals surface area contributed by atoms with Crippen molar-refractivity contribution < 1.29 is 80.2 Å². The molecule has 104 heavy (non-hydrogen) atoms. The summed E-state index contributed by atoms with van der Waals surface area (Å²) < 4.78 is 68.3. The van der Waals surface area contributed by atoms with E-state index < -0.39 is 97.5 Å². The minimum atomic E-state index is -5.03. The first-order valence-electron chi connectivity index (χ1n) is 38.7. The van der Waals surface area contributed by atoms with E-state index in [4.69, 9.17) is 37.0 Å². The Labute approximate surface area is 627 Å². The molecule has 0 aliphatic rings. The fraction of sp³-hybridized carbons (Fsp3) is 0.576. The zero-order valence-corrected chi connectivity index (χ0v) is 65.6. The molecule has 586 valence electrons. The Kier molecular flexibility index (Phi) is 70.7. The van der Waals surface area contributed by atoms with Gasteiger partial charge in [-0.25, -0.2) is 9.13 Å². The Morgan fingerprint density at radius 2 is 0.558 bits per heavy atom. The molecule has 19 heteroatoms. The second-order valence-corrected chi connectivity index (χ2v) is 27.7. The van der Waals surface area contributed by atoms with Gasteiger partial charge in [0, 0.05) is 19.3 Å². The summed E-state index contributed by atoms with van der Waals surface area (Å²) in [7, 11) is -10.0. The molecule has 17 nitrogen and oxygen atoms in total. The Hall–Kier alpha value is -6.10. The number of esters is 4. The molecule has 0 aromatic heterocycles.